The molecule has 1 aromatic carbocycles. The molecule has 23 heavy (non-hydrogen) atoms. The molecule has 3 nitrogen and oxygen atoms in total. The van der Waals surface area contributed by atoms with E-state index in [0.717, 1.165) is 6.08 Å². The van der Waals surface area contributed by atoms with Crippen molar-refractivity contribution in [3.05, 3.63) is 45.8 Å². The summed E-state index contributed by atoms with van der Waals surface area (Å²) in [7, 11) is 0. The van der Waals surface area contributed by atoms with E-state index in [4.69, 9.17) is 21.4 Å². The van der Waals surface area contributed by atoms with Crippen molar-refractivity contribution in [3.8, 4) is 16.2 Å². The number of fused-ring (bicyclic) bond motifs is 1. The maximum absolute atomic E-state index is 13.1. The van der Waals surface area contributed by atoms with Crippen LogP contribution in [0.15, 0.2) is 35.2 Å². The second-order valence-electron chi connectivity index (χ2n) is 4.79. The van der Waals surface area contributed by atoms with Crippen molar-refractivity contribution < 1.29 is 27.8 Å². The Labute approximate surface area is 137 Å². The van der Waals surface area contributed by atoms with Gasteiger partial charge in [-0.25, -0.2) is 4.79 Å². The van der Waals surface area contributed by atoms with Gasteiger partial charge in [0.05, 0.1) is 5.57 Å². The largest absolute Gasteiger partial charge is 0.478 e. The molecule has 2 aromatic rings. The number of ether oxygens (including phenoxy) is 1. The lowest BCUT2D eigenvalue weighted by atomic mass is 9.98. The van der Waals surface area contributed by atoms with E-state index in [1.807, 2.05) is 0 Å². The summed E-state index contributed by atoms with van der Waals surface area (Å²) < 4.78 is 44.5. The van der Waals surface area contributed by atoms with Crippen molar-refractivity contribution in [1.82, 2.24) is 0 Å². The van der Waals surface area contributed by atoms with Gasteiger partial charge >= 0.3 is 12.1 Å². The molecule has 1 aliphatic rings. The van der Waals surface area contributed by atoms with E-state index in [1.54, 1.807) is 17.5 Å². The number of hydrogen-bond donors (Lipinski definition) is 1. The second kappa shape index (κ2) is 5.58. The van der Waals surface area contributed by atoms with E-state index in [2.05, 4.69) is 0 Å². The topological polar surface area (TPSA) is 46.5 Å². The van der Waals surface area contributed by atoms with Crippen LogP contribution in [0.1, 0.15) is 5.56 Å². The van der Waals surface area contributed by atoms with Crippen LogP contribution in [-0.2, 0) is 4.79 Å². The van der Waals surface area contributed by atoms with E-state index in [0.29, 0.717) is 10.4 Å². The van der Waals surface area contributed by atoms with Gasteiger partial charge in [-0.05, 0) is 29.7 Å². The summed E-state index contributed by atoms with van der Waals surface area (Å²) >= 11 is 7.32. The molecular formula is C15H8ClF3O3S. The summed E-state index contributed by atoms with van der Waals surface area (Å²) in [6.45, 7) is 0. The van der Waals surface area contributed by atoms with E-state index >= 15 is 0 Å². The molecule has 0 bridgehead atoms. The number of carbonyl (C=O) groups is 1. The molecule has 0 amide bonds. The van der Waals surface area contributed by atoms with Crippen LogP contribution in [0.25, 0.3) is 16.5 Å². The number of carboxylic acid groups (broad SMARTS) is 1. The highest BCUT2D eigenvalue weighted by molar-refractivity contribution is 7.13. The molecule has 0 aliphatic carbocycles. The molecule has 0 unspecified atom stereocenters. The molecule has 1 aliphatic heterocycles. The Bertz CT molecular complexity index is 797. The number of hydrogen-bond acceptors (Lipinski definition) is 3. The molecule has 2 heterocycles. The predicted molar refractivity (Wildman–Crippen MR) is 80.8 cm³/mol. The predicted octanol–water partition coefficient (Wildman–Crippen LogP) is 4.86. The number of benzene rings is 1. The lowest BCUT2D eigenvalue weighted by Crippen LogP contribution is -2.40. The average Bonchev–Trinajstić information content (AvgIpc) is 2.97. The Morgan fingerprint density at radius 2 is 2.09 bits per heavy atom. The fourth-order valence-corrected chi connectivity index (χ4v) is 3.28. The van der Waals surface area contributed by atoms with Gasteiger partial charge in [0.2, 0.25) is 6.10 Å². The van der Waals surface area contributed by atoms with Crippen molar-refractivity contribution in [2.24, 2.45) is 0 Å². The highest BCUT2D eigenvalue weighted by atomic mass is 35.5. The summed E-state index contributed by atoms with van der Waals surface area (Å²) in [5.41, 5.74) is -0.263. The zero-order valence-corrected chi connectivity index (χ0v) is 12.8. The molecule has 120 valence electrons. The Kier molecular flexibility index (Phi) is 3.85. The SMILES string of the molecule is O=C(O)C1=Cc2cc(Cl)cc(-c3cccs3)c2O[C@@H]1C(F)(F)F. The zero-order valence-electron chi connectivity index (χ0n) is 11.2. The number of alkyl halides is 3. The van der Waals surface area contributed by atoms with Crippen LogP contribution in [0.2, 0.25) is 5.02 Å². The van der Waals surface area contributed by atoms with Gasteiger partial charge < -0.3 is 9.84 Å². The van der Waals surface area contributed by atoms with Crippen LogP contribution in [0, 0.1) is 0 Å². The van der Waals surface area contributed by atoms with E-state index in [-0.39, 0.29) is 16.3 Å². The minimum atomic E-state index is -4.84. The molecule has 1 N–H and O–H groups in total. The number of rotatable bonds is 2. The van der Waals surface area contributed by atoms with Crippen molar-refractivity contribution >= 4 is 35.0 Å². The first-order valence-corrected chi connectivity index (χ1v) is 7.59. The van der Waals surface area contributed by atoms with Crippen LogP contribution in [0.3, 0.4) is 0 Å². The third-order valence-electron chi connectivity index (χ3n) is 3.24. The van der Waals surface area contributed by atoms with Gasteiger partial charge in [0.1, 0.15) is 5.75 Å². The minimum Gasteiger partial charge on any atom is -0.478 e. The standard InChI is InChI=1S/C15H8ClF3O3S/c16-8-4-7-5-10(14(20)21)13(15(17,18)19)22-12(7)9(6-8)11-2-1-3-23-11/h1-6,13H,(H,20,21)/t13-/m0/s1. The molecule has 1 aromatic heterocycles. The van der Waals surface area contributed by atoms with Gasteiger partial charge in [0.15, 0.2) is 0 Å². The molecule has 3 rings (SSSR count). The lowest BCUT2D eigenvalue weighted by Gasteiger charge is -2.28. The summed E-state index contributed by atoms with van der Waals surface area (Å²) in [5.74, 6) is -1.71. The highest BCUT2D eigenvalue weighted by Crippen LogP contribution is 2.45. The van der Waals surface area contributed by atoms with Crippen molar-refractivity contribution in [2.45, 2.75) is 12.3 Å². The first-order valence-electron chi connectivity index (χ1n) is 6.33. The Morgan fingerprint density at radius 1 is 1.35 bits per heavy atom. The van der Waals surface area contributed by atoms with E-state index in [9.17, 15) is 18.0 Å². The highest BCUT2D eigenvalue weighted by Gasteiger charge is 2.48. The fraction of sp³-hybridized carbons (Fsp3) is 0.133. The first-order chi connectivity index (χ1) is 10.8. The quantitative estimate of drug-likeness (QED) is 0.832. The Hall–Kier alpha value is -1.99. The van der Waals surface area contributed by atoms with Gasteiger partial charge in [-0.2, -0.15) is 13.2 Å². The molecule has 0 saturated carbocycles. The van der Waals surface area contributed by atoms with E-state index in [1.165, 1.54) is 23.5 Å². The maximum Gasteiger partial charge on any atom is 0.430 e. The fourth-order valence-electron chi connectivity index (χ4n) is 2.31. The van der Waals surface area contributed by atoms with Gasteiger partial charge in [0.25, 0.3) is 0 Å². The van der Waals surface area contributed by atoms with Crippen LogP contribution < -0.4 is 4.74 Å². The smallest absolute Gasteiger partial charge is 0.430 e. The van der Waals surface area contributed by atoms with Crippen LogP contribution in [0.4, 0.5) is 13.2 Å². The third kappa shape index (κ3) is 2.94. The number of aliphatic carboxylic acids is 1. The normalized spacial score (nSPS) is 17.2. The molecule has 0 spiro atoms. The monoisotopic (exact) mass is 360 g/mol. The molecule has 0 radical (unpaired) electrons. The van der Waals surface area contributed by atoms with Crippen molar-refractivity contribution in [1.29, 1.82) is 0 Å². The van der Waals surface area contributed by atoms with Gasteiger partial charge in [0, 0.05) is 21.0 Å². The molecule has 8 heteroatoms. The minimum absolute atomic E-state index is 0.0239. The molecule has 0 saturated heterocycles. The van der Waals surface area contributed by atoms with E-state index < -0.39 is 23.8 Å². The van der Waals surface area contributed by atoms with Crippen molar-refractivity contribution in [2.75, 3.05) is 0 Å². The number of carboxylic acids is 1. The summed E-state index contributed by atoms with van der Waals surface area (Å²) in [6.07, 6.45) is -6.40. The summed E-state index contributed by atoms with van der Waals surface area (Å²) in [4.78, 5) is 11.8. The maximum atomic E-state index is 13.1. The van der Waals surface area contributed by atoms with Crippen LogP contribution >= 0.6 is 22.9 Å². The van der Waals surface area contributed by atoms with Gasteiger partial charge in [-0.3, -0.25) is 0 Å². The first kappa shape index (κ1) is 15.9. The number of thiophene rings is 1. The zero-order chi connectivity index (χ0) is 16.8. The Morgan fingerprint density at radius 3 is 2.65 bits per heavy atom. The Balaban J connectivity index is 2.22. The molecular weight excluding hydrogens is 353 g/mol. The van der Waals surface area contributed by atoms with Gasteiger partial charge in [-0.15, -0.1) is 11.3 Å². The molecule has 0 fully saturated rings. The summed E-state index contributed by atoms with van der Waals surface area (Å²) in [6, 6.07) is 6.34. The number of halogens is 4. The van der Waals surface area contributed by atoms with Crippen LogP contribution in [0.5, 0.6) is 5.75 Å². The average molecular weight is 361 g/mol. The van der Waals surface area contributed by atoms with Crippen LogP contribution in [-0.4, -0.2) is 23.4 Å². The second-order valence-corrected chi connectivity index (χ2v) is 6.18. The van der Waals surface area contributed by atoms with Gasteiger partial charge in [-0.1, -0.05) is 17.7 Å². The lowest BCUT2D eigenvalue weighted by molar-refractivity contribution is -0.187. The molecule has 1 atom stereocenters. The summed E-state index contributed by atoms with van der Waals surface area (Å²) in [5, 5.41) is 11.1. The van der Waals surface area contributed by atoms with Crippen molar-refractivity contribution in [3.63, 3.8) is 0 Å². The third-order valence-corrected chi connectivity index (χ3v) is 4.36.